The molecule has 1 atom stereocenters. The maximum atomic E-state index is 13.0. The second kappa shape index (κ2) is 68.6. The van der Waals surface area contributed by atoms with Crippen molar-refractivity contribution in [3.05, 3.63) is 12.2 Å². The van der Waals surface area contributed by atoms with Crippen molar-refractivity contribution in [2.75, 3.05) is 13.2 Å². The lowest BCUT2D eigenvalue weighted by molar-refractivity contribution is -0.167. The van der Waals surface area contributed by atoms with Crippen molar-refractivity contribution in [2.45, 2.75) is 425 Å². The molecule has 0 bridgehead atoms. The summed E-state index contributed by atoms with van der Waals surface area (Å²) in [5.74, 6) is -0.826. The summed E-state index contributed by atoms with van der Waals surface area (Å²) in [5.41, 5.74) is 0. The molecular weight excluding hydrogens is 973 g/mol. The van der Waals surface area contributed by atoms with Crippen LogP contribution in [0.5, 0.6) is 0 Å². The van der Waals surface area contributed by atoms with Crippen LogP contribution in [0.3, 0.4) is 0 Å². The van der Waals surface area contributed by atoms with Gasteiger partial charge in [-0.15, -0.1) is 0 Å². The molecular formula is C73H140O6. The number of carbonyl (C=O) groups excluding carboxylic acids is 3. The van der Waals surface area contributed by atoms with Gasteiger partial charge in [-0.1, -0.05) is 367 Å². The Morgan fingerprint density at radius 3 is 0.633 bits per heavy atom. The first-order valence-corrected chi connectivity index (χ1v) is 36.2. The second-order valence-electron chi connectivity index (χ2n) is 24.9. The zero-order valence-corrected chi connectivity index (χ0v) is 53.9. The molecule has 1 unspecified atom stereocenters. The van der Waals surface area contributed by atoms with E-state index in [4.69, 9.17) is 14.2 Å². The molecule has 0 rings (SSSR count). The largest absolute Gasteiger partial charge is 0.462 e. The highest BCUT2D eigenvalue weighted by atomic mass is 16.6. The molecule has 0 aromatic rings. The molecule has 0 amide bonds. The molecule has 0 aliphatic carbocycles. The summed E-state index contributed by atoms with van der Waals surface area (Å²) in [7, 11) is 0. The SMILES string of the molecule is CCCCCCCCCC/C=C\CCCCCCCCCCCC(=O)OCC(COC(=O)CCCCCCCCCCCCCCCCCCCCC)OC(=O)CCCCCCCCCCCCCCCCCCCCCCC. The molecule has 0 spiro atoms. The number of carbonyl (C=O) groups is 3. The van der Waals surface area contributed by atoms with Crippen LogP contribution in [0, 0.1) is 0 Å². The van der Waals surface area contributed by atoms with Gasteiger partial charge >= 0.3 is 17.9 Å². The molecule has 0 radical (unpaired) electrons. The van der Waals surface area contributed by atoms with E-state index in [2.05, 4.69) is 32.9 Å². The predicted octanol–water partition coefficient (Wildman–Crippen LogP) is 24.8. The minimum Gasteiger partial charge on any atom is -0.462 e. The van der Waals surface area contributed by atoms with E-state index in [0.29, 0.717) is 19.3 Å². The molecule has 0 saturated carbocycles. The number of esters is 3. The number of rotatable bonds is 68. The zero-order chi connectivity index (χ0) is 57.1. The normalized spacial score (nSPS) is 12.0. The van der Waals surface area contributed by atoms with Crippen LogP contribution in [0.1, 0.15) is 419 Å². The molecule has 0 fully saturated rings. The van der Waals surface area contributed by atoms with Gasteiger partial charge < -0.3 is 14.2 Å². The fraction of sp³-hybridized carbons (Fsp3) is 0.932. The maximum Gasteiger partial charge on any atom is 0.306 e. The fourth-order valence-corrected chi connectivity index (χ4v) is 11.3. The Balaban J connectivity index is 4.29. The van der Waals surface area contributed by atoms with Gasteiger partial charge in [0.05, 0.1) is 0 Å². The summed E-state index contributed by atoms with van der Waals surface area (Å²) in [5, 5.41) is 0. The molecule has 6 heteroatoms. The average Bonchev–Trinajstić information content (AvgIpc) is 3.45. The Morgan fingerprint density at radius 2 is 0.418 bits per heavy atom. The monoisotopic (exact) mass is 1110 g/mol. The first kappa shape index (κ1) is 77.2. The molecule has 468 valence electrons. The van der Waals surface area contributed by atoms with E-state index in [1.807, 2.05) is 0 Å². The zero-order valence-electron chi connectivity index (χ0n) is 53.9. The maximum absolute atomic E-state index is 13.0. The summed E-state index contributed by atoms with van der Waals surface area (Å²) in [6, 6.07) is 0. The number of ether oxygens (including phenoxy) is 3. The summed E-state index contributed by atoms with van der Waals surface area (Å²) < 4.78 is 17.0. The van der Waals surface area contributed by atoms with Crippen LogP contribution in [0.15, 0.2) is 12.2 Å². The average molecular weight is 1110 g/mol. The van der Waals surface area contributed by atoms with Gasteiger partial charge in [0.1, 0.15) is 13.2 Å². The van der Waals surface area contributed by atoms with Crippen molar-refractivity contribution in [3.63, 3.8) is 0 Å². The van der Waals surface area contributed by atoms with Crippen LogP contribution in [-0.4, -0.2) is 37.2 Å². The minimum atomic E-state index is -0.767. The van der Waals surface area contributed by atoms with E-state index in [1.54, 1.807) is 0 Å². The standard InChI is InChI=1S/C73H140O6/c1-4-7-10-13-16-19-22-25-28-31-34-36-39-42-45-48-51-54-57-60-63-66-72(75)78-69-70(68-77-71(74)65-62-59-56-53-50-47-44-41-38-33-30-27-24-21-18-15-12-9-6-3)79-73(76)67-64-61-58-55-52-49-46-43-40-37-35-32-29-26-23-20-17-14-11-8-5-2/h31,34,70H,4-30,32-33,35-69H2,1-3H3/b34-31-. The lowest BCUT2D eigenvalue weighted by Gasteiger charge is -2.18. The van der Waals surface area contributed by atoms with Gasteiger partial charge in [0, 0.05) is 19.3 Å². The number of hydrogen-bond donors (Lipinski definition) is 0. The molecule has 0 aliphatic rings. The first-order chi connectivity index (χ1) is 39.0. The van der Waals surface area contributed by atoms with Crippen LogP contribution in [0.2, 0.25) is 0 Å². The van der Waals surface area contributed by atoms with Gasteiger partial charge in [0.15, 0.2) is 6.10 Å². The van der Waals surface area contributed by atoms with Crippen molar-refractivity contribution in [2.24, 2.45) is 0 Å². The molecule has 0 saturated heterocycles. The summed E-state index contributed by atoms with van der Waals surface area (Å²) in [4.78, 5) is 38.5. The fourth-order valence-electron chi connectivity index (χ4n) is 11.3. The highest BCUT2D eigenvalue weighted by Crippen LogP contribution is 2.19. The van der Waals surface area contributed by atoms with Crippen molar-refractivity contribution >= 4 is 17.9 Å². The third-order valence-electron chi connectivity index (χ3n) is 16.8. The third kappa shape index (κ3) is 66.8. The molecule has 0 aromatic heterocycles. The Kier molecular flexibility index (Phi) is 67.0. The summed E-state index contributed by atoms with van der Waals surface area (Å²) in [6.07, 6.45) is 82.4. The van der Waals surface area contributed by atoms with Gasteiger partial charge in [-0.25, -0.2) is 0 Å². The smallest absolute Gasteiger partial charge is 0.306 e. The van der Waals surface area contributed by atoms with E-state index in [9.17, 15) is 14.4 Å². The molecule has 6 nitrogen and oxygen atoms in total. The Labute approximate surface area is 494 Å². The number of hydrogen-bond acceptors (Lipinski definition) is 6. The van der Waals surface area contributed by atoms with Crippen molar-refractivity contribution in [3.8, 4) is 0 Å². The number of allylic oxidation sites excluding steroid dienone is 2. The predicted molar refractivity (Wildman–Crippen MR) is 344 cm³/mol. The first-order valence-electron chi connectivity index (χ1n) is 36.2. The van der Waals surface area contributed by atoms with Gasteiger partial charge in [0.25, 0.3) is 0 Å². The van der Waals surface area contributed by atoms with Crippen LogP contribution in [0.4, 0.5) is 0 Å². The lowest BCUT2D eigenvalue weighted by Crippen LogP contribution is -2.30. The van der Waals surface area contributed by atoms with Crippen molar-refractivity contribution in [1.82, 2.24) is 0 Å². The molecule has 0 aromatic carbocycles. The van der Waals surface area contributed by atoms with Crippen LogP contribution in [0.25, 0.3) is 0 Å². The van der Waals surface area contributed by atoms with Crippen LogP contribution < -0.4 is 0 Å². The minimum absolute atomic E-state index is 0.0632. The highest BCUT2D eigenvalue weighted by molar-refractivity contribution is 5.71. The van der Waals surface area contributed by atoms with E-state index in [-0.39, 0.29) is 31.1 Å². The second-order valence-corrected chi connectivity index (χ2v) is 24.9. The highest BCUT2D eigenvalue weighted by Gasteiger charge is 2.19. The quantitative estimate of drug-likeness (QED) is 0.0261. The molecule has 0 N–H and O–H groups in total. The summed E-state index contributed by atoms with van der Waals surface area (Å²) >= 11 is 0. The Morgan fingerprint density at radius 1 is 0.241 bits per heavy atom. The van der Waals surface area contributed by atoms with E-state index in [1.165, 1.54) is 321 Å². The Bertz CT molecular complexity index is 1230. The molecule has 0 aliphatic heterocycles. The van der Waals surface area contributed by atoms with Crippen LogP contribution in [-0.2, 0) is 28.6 Å². The third-order valence-corrected chi connectivity index (χ3v) is 16.8. The number of unbranched alkanes of at least 4 members (excludes halogenated alkanes) is 55. The van der Waals surface area contributed by atoms with Crippen molar-refractivity contribution in [1.29, 1.82) is 0 Å². The van der Waals surface area contributed by atoms with Gasteiger partial charge in [-0.05, 0) is 44.9 Å². The Hall–Kier alpha value is -1.85. The van der Waals surface area contributed by atoms with E-state index < -0.39 is 6.10 Å². The molecule has 0 heterocycles. The lowest BCUT2D eigenvalue weighted by atomic mass is 10.0. The van der Waals surface area contributed by atoms with Gasteiger partial charge in [0.2, 0.25) is 0 Å². The molecule has 79 heavy (non-hydrogen) atoms. The summed E-state index contributed by atoms with van der Waals surface area (Å²) in [6.45, 7) is 6.74. The van der Waals surface area contributed by atoms with Crippen molar-refractivity contribution < 1.29 is 28.6 Å². The van der Waals surface area contributed by atoms with Gasteiger partial charge in [-0.2, -0.15) is 0 Å². The van der Waals surface area contributed by atoms with E-state index >= 15 is 0 Å². The van der Waals surface area contributed by atoms with Gasteiger partial charge in [-0.3, -0.25) is 14.4 Å². The van der Waals surface area contributed by atoms with E-state index in [0.717, 1.165) is 57.8 Å². The van der Waals surface area contributed by atoms with Crippen LogP contribution >= 0.6 is 0 Å². The topological polar surface area (TPSA) is 78.9 Å².